The van der Waals surface area contributed by atoms with Gasteiger partial charge in [-0.1, -0.05) is 32.0 Å². The van der Waals surface area contributed by atoms with Gasteiger partial charge in [-0.3, -0.25) is 4.79 Å². The number of ether oxygens (including phenoxy) is 2. The number of carbonyl (C=O) groups is 1. The summed E-state index contributed by atoms with van der Waals surface area (Å²) in [5, 5.41) is 25.2. The van der Waals surface area contributed by atoms with Crippen LogP contribution in [0.3, 0.4) is 0 Å². The van der Waals surface area contributed by atoms with Crippen molar-refractivity contribution in [2.75, 3.05) is 26.8 Å². The molecule has 3 aromatic rings. The number of nitrogens with zero attached hydrogens (tertiary/aromatic N) is 1. The lowest BCUT2D eigenvalue weighted by Gasteiger charge is -2.31. The summed E-state index contributed by atoms with van der Waals surface area (Å²) in [5.41, 5.74) is 1.72. The fourth-order valence-electron chi connectivity index (χ4n) is 5.24. The molecule has 3 N–H and O–H groups in total. The largest absolute Gasteiger partial charge is 0.508 e. The zero-order chi connectivity index (χ0) is 31.0. The normalized spacial score (nSPS) is 17.3. The molecular formula is C33H42N2O7S. The van der Waals surface area contributed by atoms with Crippen LogP contribution in [0.1, 0.15) is 54.6 Å². The van der Waals surface area contributed by atoms with E-state index >= 15 is 0 Å². The van der Waals surface area contributed by atoms with Crippen LogP contribution in [0.5, 0.6) is 17.2 Å². The van der Waals surface area contributed by atoms with E-state index < -0.39 is 28.1 Å². The molecule has 0 unspecified atom stereocenters. The third kappa shape index (κ3) is 8.49. The third-order valence-corrected chi connectivity index (χ3v) is 9.40. The van der Waals surface area contributed by atoms with Gasteiger partial charge in [0.2, 0.25) is 10.0 Å². The van der Waals surface area contributed by atoms with E-state index in [4.69, 9.17) is 9.47 Å². The summed E-state index contributed by atoms with van der Waals surface area (Å²) < 4.78 is 39.8. The highest BCUT2D eigenvalue weighted by molar-refractivity contribution is 7.89. The third-order valence-electron chi connectivity index (χ3n) is 7.55. The fraction of sp³-hybridized carbons (Fsp3) is 0.424. The monoisotopic (exact) mass is 610 g/mol. The first-order valence-corrected chi connectivity index (χ1v) is 16.2. The maximum Gasteiger partial charge on any atom is 0.252 e. The lowest BCUT2D eigenvalue weighted by atomic mass is 9.97. The lowest BCUT2D eigenvalue weighted by molar-refractivity contribution is 0.0774. The van der Waals surface area contributed by atoms with E-state index in [1.54, 1.807) is 30.3 Å². The predicted molar refractivity (Wildman–Crippen MR) is 165 cm³/mol. The molecule has 0 aromatic heterocycles. The summed E-state index contributed by atoms with van der Waals surface area (Å²) in [6, 6.07) is 17.6. The van der Waals surface area contributed by atoms with Crippen molar-refractivity contribution in [1.82, 2.24) is 9.62 Å². The van der Waals surface area contributed by atoms with Crippen LogP contribution in [0.25, 0.3) is 0 Å². The van der Waals surface area contributed by atoms with Gasteiger partial charge in [-0.25, -0.2) is 8.42 Å². The standard InChI is InChI=1S/C33H42N2O7S/c1-23(2)21-35(43(39,40)27-17-15-25(41-3)16-18-27)22-32(37)30-20-24-11-13-26(14-12-24)42-19-6-4-5-8-28-29(33(38)34-30)9-7-10-31(28)36/h7,9-18,23,30,32,36-37H,4-6,8,19-22H2,1-3H3,(H,34,38)/t30-,32+/m0/s1. The van der Waals surface area contributed by atoms with Gasteiger partial charge >= 0.3 is 0 Å². The first kappa shape index (κ1) is 32.3. The summed E-state index contributed by atoms with van der Waals surface area (Å²) in [7, 11) is -2.46. The molecule has 1 amide bonds. The Balaban J connectivity index is 1.66. The second-order valence-corrected chi connectivity index (χ2v) is 13.3. The number of aliphatic hydroxyl groups excluding tert-OH is 1. The van der Waals surface area contributed by atoms with E-state index in [9.17, 15) is 23.4 Å². The number of rotatable bonds is 8. The van der Waals surface area contributed by atoms with Crippen LogP contribution >= 0.6 is 0 Å². The minimum atomic E-state index is -3.97. The van der Waals surface area contributed by atoms with Crippen LogP contribution in [0.2, 0.25) is 0 Å². The number of aromatic hydroxyl groups is 1. The minimum Gasteiger partial charge on any atom is -0.508 e. The molecule has 5 rings (SSSR count). The second-order valence-electron chi connectivity index (χ2n) is 11.3. The second kappa shape index (κ2) is 14.7. The van der Waals surface area contributed by atoms with Crippen LogP contribution in [0.4, 0.5) is 0 Å². The number of amides is 1. The van der Waals surface area contributed by atoms with Crippen molar-refractivity contribution in [1.29, 1.82) is 0 Å². The van der Waals surface area contributed by atoms with Gasteiger partial charge in [0.05, 0.1) is 30.8 Å². The van der Waals surface area contributed by atoms with Crippen molar-refractivity contribution in [3.63, 3.8) is 0 Å². The van der Waals surface area contributed by atoms with Crippen LogP contribution in [0.15, 0.2) is 71.6 Å². The maximum atomic E-state index is 13.7. The van der Waals surface area contributed by atoms with Gasteiger partial charge in [-0.2, -0.15) is 4.31 Å². The van der Waals surface area contributed by atoms with Gasteiger partial charge < -0.3 is 25.0 Å². The highest BCUT2D eigenvalue weighted by Crippen LogP contribution is 2.26. The molecule has 3 aromatic carbocycles. The molecule has 2 aliphatic heterocycles. The van der Waals surface area contributed by atoms with Crippen LogP contribution < -0.4 is 14.8 Å². The Morgan fingerprint density at radius 1 is 1.00 bits per heavy atom. The van der Waals surface area contributed by atoms with Crippen molar-refractivity contribution in [2.45, 2.75) is 63.0 Å². The molecule has 0 aliphatic carbocycles. The van der Waals surface area contributed by atoms with Crippen molar-refractivity contribution in [2.24, 2.45) is 5.92 Å². The number of phenols is 1. The SMILES string of the molecule is COc1ccc(S(=O)(=O)N(CC(C)C)C[C@@H](O)[C@@H]2Cc3ccc(cc3)OCCCCCc3c(O)cccc3C(=O)N2)cc1. The molecule has 0 saturated heterocycles. The van der Waals surface area contributed by atoms with Crippen molar-refractivity contribution < 1.29 is 32.9 Å². The smallest absolute Gasteiger partial charge is 0.252 e. The number of nitrogens with one attached hydrogen (secondary N) is 1. The molecule has 10 heteroatoms. The van der Waals surface area contributed by atoms with Gasteiger partial charge in [0.25, 0.3) is 5.91 Å². The van der Waals surface area contributed by atoms with E-state index in [0.717, 1.165) is 30.6 Å². The molecule has 0 fully saturated rings. The van der Waals surface area contributed by atoms with Gasteiger partial charge in [0.1, 0.15) is 17.2 Å². The van der Waals surface area contributed by atoms with E-state index in [2.05, 4.69) is 5.32 Å². The molecular weight excluding hydrogens is 568 g/mol. The number of phenolic OH excluding ortho intramolecular Hbond substituents is 1. The molecule has 2 bridgehead atoms. The minimum absolute atomic E-state index is 0.0192. The summed E-state index contributed by atoms with van der Waals surface area (Å²) in [6.45, 7) is 4.32. The molecule has 2 aliphatic rings. The molecule has 0 radical (unpaired) electrons. The summed E-state index contributed by atoms with van der Waals surface area (Å²) >= 11 is 0. The zero-order valence-corrected chi connectivity index (χ0v) is 25.8. The quantitative estimate of drug-likeness (QED) is 0.342. The molecule has 0 saturated carbocycles. The molecule has 43 heavy (non-hydrogen) atoms. The topological polar surface area (TPSA) is 125 Å². The number of fused-ring (bicyclic) bond motifs is 10. The Morgan fingerprint density at radius 3 is 2.40 bits per heavy atom. The number of benzene rings is 3. The Kier molecular flexibility index (Phi) is 11.1. The van der Waals surface area contributed by atoms with Gasteiger partial charge in [0.15, 0.2) is 0 Å². The fourth-order valence-corrected chi connectivity index (χ4v) is 6.86. The molecule has 0 spiro atoms. The highest BCUT2D eigenvalue weighted by atomic mass is 32.2. The average Bonchev–Trinajstić information content (AvgIpc) is 2.98. The Hall–Kier alpha value is -3.60. The van der Waals surface area contributed by atoms with Crippen molar-refractivity contribution >= 4 is 15.9 Å². The van der Waals surface area contributed by atoms with E-state index in [1.165, 1.54) is 23.5 Å². The predicted octanol–water partition coefficient (Wildman–Crippen LogP) is 4.55. The molecule has 232 valence electrons. The van der Waals surface area contributed by atoms with Gasteiger partial charge in [-0.05, 0) is 92.1 Å². The van der Waals surface area contributed by atoms with Crippen LogP contribution in [-0.4, -0.2) is 67.8 Å². The number of methoxy groups -OCH3 is 1. The number of hydrogen-bond acceptors (Lipinski definition) is 7. The average molecular weight is 611 g/mol. The first-order valence-electron chi connectivity index (χ1n) is 14.7. The molecule has 2 atom stereocenters. The number of aliphatic hydroxyl groups is 1. The van der Waals surface area contributed by atoms with Gasteiger partial charge in [-0.15, -0.1) is 0 Å². The number of sulfonamides is 1. The van der Waals surface area contributed by atoms with Crippen molar-refractivity contribution in [3.05, 3.63) is 83.4 Å². The maximum absolute atomic E-state index is 13.7. The number of carbonyl (C=O) groups excluding carboxylic acids is 1. The van der Waals surface area contributed by atoms with Crippen LogP contribution in [-0.2, 0) is 22.9 Å². The zero-order valence-electron chi connectivity index (χ0n) is 25.0. The Morgan fingerprint density at radius 2 is 1.72 bits per heavy atom. The highest BCUT2D eigenvalue weighted by Gasteiger charge is 2.32. The number of hydrogen-bond donors (Lipinski definition) is 3. The van der Waals surface area contributed by atoms with E-state index in [1.807, 2.05) is 38.1 Å². The summed E-state index contributed by atoms with van der Waals surface area (Å²) in [4.78, 5) is 13.8. The van der Waals surface area contributed by atoms with Gasteiger partial charge in [0, 0.05) is 24.2 Å². The molecule has 9 nitrogen and oxygen atoms in total. The molecule has 2 heterocycles. The lowest BCUT2D eigenvalue weighted by Crippen LogP contribution is -2.51. The van der Waals surface area contributed by atoms with Crippen LogP contribution in [0, 0.1) is 5.92 Å². The Bertz CT molecular complexity index is 1460. The summed E-state index contributed by atoms with van der Waals surface area (Å²) in [6.07, 6.45) is 1.99. The van der Waals surface area contributed by atoms with E-state index in [-0.39, 0.29) is 36.1 Å². The Labute approximate surface area is 254 Å². The first-order chi connectivity index (χ1) is 20.6. The summed E-state index contributed by atoms with van der Waals surface area (Å²) in [5.74, 6) is 0.856. The van der Waals surface area contributed by atoms with Crippen molar-refractivity contribution in [3.8, 4) is 17.2 Å². The van der Waals surface area contributed by atoms with E-state index in [0.29, 0.717) is 29.9 Å².